The van der Waals surface area contributed by atoms with E-state index in [9.17, 15) is 9.59 Å². The van der Waals surface area contributed by atoms with Crippen molar-refractivity contribution in [3.63, 3.8) is 0 Å². The Hall–Kier alpha value is -1.91. The lowest BCUT2D eigenvalue weighted by molar-refractivity contribution is 0.0683. The number of likely N-dealkylation sites (tertiary alicyclic amines) is 1. The Bertz CT molecular complexity index is 559. The van der Waals surface area contributed by atoms with E-state index in [1.165, 1.54) is 6.42 Å². The summed E-state index contributed by atoms with van der Waals surface area (Å²) in [5, 5.41) is 0. The molecule has 2 rings (SSSR count). The zero-order valence-corrected chi connectivity index (χ0v) is 14.4. The summed E-state index contributed by atoms with van der Waals surface area (Å²) in [5.74, 6) is 0.417. The van der Waals surface area contributed by atoms with Crippen molar-refractivity contribution >= 4 is 11.8 Å². The van der Waals surface area contributed by atoms with Crippen molar-refractivity contribution in [1.82, 2.24) is 14.8 Å². The van der Waals surface area contributed by atoms with Crippen LogP contribution in [0.2, 0.25) is 0 Å². The molecule has 1 aromatic rings. The molecule has 126 valence electrons. The summed E-state index contributed by atoms with van der Waals surface area (Å²) >= 11 is 0. The Kier molecular flexibility index (Phi) is 6.13. The molecule has 0 saturated carbocycles. The number of amides is 2. The summed E-state index contributed by atoms with van der Waals surface area (Å²) in [4.78, 5) is 32.7. The summed E-state index contributed by atoms with van der Waals surface area (Å²) in [6.45, 7) is 6.56. The van der Waals surface area contributed by atoms with Gasteiger partial charge in [0.2, 0.25) is 0 Å². The van der Waals surface area contributed by atoms with Crippen molar-refractivity contribution in [1.29, 1.82) is 0 Å². The van der Waals surface area contributed by atoms with Gasteiger partial charge in [-0.3, -0.25) is 14.6 Å². The van der Waals surface area contributed by atoms with Crippen molar-refractivity contribution < 1.29 is 9.59 Å². The fourth-order valence-corrected chi connectivity index (χ4v) is 2.93. The fraction of sp³-hybridized carbons (Fsp3) is 0.611. The number of hydrogen-bond acceptors (Lipinski definition) is 3. The number of carbonyl (C=O) groups excluding carboxylic acids is 2. The van der Waals surface area contributed by atoms with E-state index < -0.39 is 0 Å². The van der Waals surface area contributed by atoms with Crippen LogP contribution in [0.25, 0.3) is 0 Å². The van der Waals surface area contributed by atoms with Crippen LogP contribution in [0.5, 0.6) is 0 Å². The molecule has 1 fully saturated rings. The molecule has 1 unspecified atom stereocenters. The first-order valence-corrected chi connectivity index (χ1v) is 8.53. The zero-order chi connectivity index (χ0) is 16.8. The van der Waals surface area contributed by atoms with Gasteiger partial charge in [0.15, 0.2) is 0 Å². The molecule has 5 nitrogen and oxygen atoms in total. The molecule has 0 radical (unpaired) electrons. The maximum absolute atomic E-state index is 12.6. The van der Waals surface area contributed by atoms with Gasteiger partial charge in [-0.1, -0.05) is 20.3 Å². The molecule has 1 atom stereocenters. The molecule has 0 aliphatic carbocycles. The molecule has 1 aliphatic rings. The molecule has 5 heteroatoms. The zero-order valence-electron chi connectivity index (χ0n) is 14.4. The second kappa shape index (κ2) is 8.09. The number of piperidine rings is 1. The molecule has 23 heavy (non-hydrogen) atoms. The number of rotatable bonds is 5. The van der Waals surface area contributed by atoms with E-state index in [-0.39, 0.29) is 11.8 Å². The molecule has 0 aromatic carbocycles. The summed E-state index contributed by atoms with van der Waals surface area (Å²) in [6.07, 6.45) is 5.78. The standard InChI is InChI=1S/C18H27N3O2/c1-4-5-10-20(3)18(23)16-12-15(8-9-19-16)17(22)21-11-6-7-14(2)13-21/h8-9,12,14H,4-7,10-11,13H2,1-3H3. The summed E-state index contributed by atoms with van der Waals surface area (Å²) < 4.78 is 0. The minimum Gasteiger partial charge on any atom is -0.340 e. The molecule has 0 N–H and O–H groups in total. The molecule has 2 heterocycles. The van der Waals surface area contributed by atoms with Crippen LogP contribution in [0.1, 0.15) is 60.4 Å². The third-order valence-corrected chi connectivity index (χ3v) is 4.36. The lowest BCUT2D eigenvalue weighted by Crippen LogP contribution is -2.39. The third kappa shape index (κ3) is 4.53. The maximum atomic E-state index is 12.6. The number of carbonyl (C=O) groups is 2. The highest BCUT2D eigenvalue weighted by Crippen LogP contribution is 2.18. The molecule has 1 aliphatic heterocycles. The SMILES string of the molecule is CCCCN(C)C(=O)c1cc(C(=O)N2CCCC(C)C2)ccn1. The van der Waals surface area contributed by atoms with E-state index in [1.807, 2.05) is 4.90 Å². The molecule has 1 saturated heterocycles. The van der Waals surface area contributed by atoms with Gasteiger partial charge in [0, 0.05) is 38.4 Å². The van der Waals surface area contributed by atoms with Crippen LogP contribution < -0.4 is 0 Å². The largest absolute Gasteiger partial charge is 0.340 e. The number of hydrogen-bond donors (Lipinski definition) is 0. The Morgan fingerprint density at radius 2 is 2.22 bits per heavy atom. The quantitative estimate of drug-likeness (QED) is 0.839. The number of nitrogens with zero attached hydrogens (tertiary/aromatic N) is 3. The fourth-order valence-electron chi connectivity index (χ4n) is 2.93. The lowest BCUT2D eigenvalue weighted by atomic mass is 9.99. The average molecular weight is 317 g/mol. The number of aromatic nitrogens is 1. The molecule has 0 bridgehead atoms. The van der Waals surface area contributed by atoms with Crippen LogP contribution in [0.3, 0.4) is 0 Å². The Balaban J connectivity index is 2.09. The third-order valence-electron chi connectivity index (χ3n) is 4.36. The van der Waals surface area contributed by atoms with Crippen LogP contribution in [-0.2, 0) is 0 Å². The van der Waals surface area contributed by atoms with Crippen LogP contribution in [0.4, 0.5) is 0 Å². The Morgan fingerprint density at radius 1 is 1.43 bits per heavy atom. The summed E-state index contributed by atoms with van der Waals surface area (Å²) in [5.41, 5.74) is 0.904. The van der Waals surface area contributed by atoms with Crippen molar-refractivity contribution in [2.45, 2.75) is 39.5 Å². The minimum atomic E-state index is -0.125. The second-order valence-electron chi connectivity index (χ2n) is 6.51. The highest BCUT2D eigenvalue weighted by molar-refractivity contribution is 5.98. The van der Waals surface area contributed by atoms with Gasteiger partial charge in [0.1, 0.15) is 5.69 Å². The highest BCUT2D eigenvalue weighted by Gasteiger charge is 2.23. The normalized spacial score (nSPS) is 17.9. The van der Waals surface area contributed by atoms with Crippen LogP contribution in [-0.4, -0.2) is 53.3 Å². The smallest absolute Gasteiger partial charge is 0.272 e. The van der Waals surface area contributed by atoms with E-state index in [2.05, 4.69) is 18.8 Å². The van der Waals surface area contributed by atoms with Gasteiger partial charge in [-0.15, -0.1) is 0 Å². The topological polar surface area (TPSA) is 53.5 Å². The van der Waals surface area contributed by atoms with E-state index >= 15 is 0 Å². The Labute approximate surface area is 138 Å². The van der Waals surface area contributed by atoms with Crippen LogP contribution in [0, 0.1) is 5.92 Å². The molecule has 0 spiro atoms. The molecular weight excluding hydrogens is 290 g/mol. The maximum Gasteiger partial charge on any atom is 0.272 e. The van der Waals surface area contributed by atoms with Crippen molar-refractivity contribution in [3.05, 3.63) is 29.6 Å². The van der Waals surface area contributed by atoms with Gasteiger partial charge in [-0.2, -0.15) is 0 Å². The van der Waals surface area contributed by atoms with Crippen molar-refractivity contribution in [3.8, 4) is 0 Å². The van der Waals surface area contributed by atoms with E-state index in [0.29, 0.717) is 23.7 Å². The number of unbranched alkanes of at least 4 members (excludes halogenated alkanes) is 1. The van der Waals surface area contributed by atoms with Gasteiger partial charge in [-0.25, -0.2) is 0 Å². The van der Waals surface area contributed by atoms with Gasteiger partial charge in [0.05, 0.1) is 0 Å². The van der Waals surface area contributed by atoms with Gasteiger partial charge in [-0.05, 0) is 37.3 Å². The molecule has 2 amide bonds. The van der Waals surface area contributed by atoms with Gasteiger partial charge in [0.25, 0.3) is 11.8 Å². The number of pyridine rings is 1. The van der Waals surface area contributed by atoms with Gasteiger partial charge >= 0.3 is 0 Å². The first-order valence-electron chi connectivity index (χ1n) is 8.53. The average Bonchev–Trinajstić information content (AvgIpc) is 2.58. The minimum absolute atomic E-state index is 0.00390. The summed E-state index contributed by atoms with van der Waals surface area (Å²) in [7, 11) is 1.78. The summed E-state index contributed by atoms with van der Waals surface area (Å²) in [6, 6.07) is 3.33. The van der Waals surface area contributed by atoms with E-state index in [0.717, 1.165) is 32.4 Å². The lowest BCUT2D eigenvalue weighted by Gasteiger charge is -2.31. The van der Waals surface area contributed by atoms with Crippen LogP contribution >= 0.6 is 0 Å². The first kappa shape index (κ1) is 17.4. The van der Waals surface area contributed by atoms with Crippen molar-refractivity contribution in [2.75, 3.05) is 26.7 Å². The van der Waals surface area contributed by atoms with Crippen molar-refractivity contribution in [2.24, 2.45) is 5.92 Å². The first-order chi connectivity index (χ1) is 11.0. The monoisotopic (exact) mass is 317 g/mol. The van der Waals surface area contributed by atoms with E-state index in [1.54, 1.807) is 30.3 Å². The van der Waals surface area contributed by atoms with Gasteiger partial charge < -0.3 is 9.80 Å². The second-order valence-corrected chi connectivity index (χ2v) is 6.51. The predicted molar refractivity (Wildman–Crippen MR) is 90.4 cm³/mol. The van der Waals surface area contributed by atoms with Crippen LogP contribution in [0.15, 0.2) is 18.3 Å². The molecule has 1 aromatic heterocycles. The Morgan fingerprint density at radius 3 is 2.91 bits per heavy atom. The highest BCUT2D eigenvalue weighted by atomic mass is 16.2. The predicted octanol–water partition coefficient (Wildman–Crippen LogP) is 2.83. The van der Waals surface area contributed by atoms with E-state index in [4.69, 9.17) is 0 Å². The molecular formula is C18H27N3O2.